The van der Waals surface area contributed by atoms with Gasteiger partial charge in [-0.15, -0.1) is 0 Å². The van der Waals surface area contributed by atoms with Crippen LogP contribution < -0.4 is 0 Å². The van der Waals surface area contributed by atoms with Crippen molar-refractivity contribution in [3.63, 3.8) is 0 Å². The first-order chi connectivity index (χ1) is 12.3. The number of fused-ring (bicyclic) bond motifs is 1. The molecule has 2 fully saturated rings. The second-order valence-electron chi connectivity index (χ2n) is 8.49. The molecule has 27 heavy (non-hydrogen) atoms. The third kappa shape index (κ3) is 3.22. The zero-order chi connectivity index (χ0) is 20.3. The predicted molar refractivity (Wildman–Crippen MR) is 86.6 cm³/mol. The first-order valence-corrected chi connectivity index (χ1v) is 9.20. The van der Waals surface area contributed by atoms with Gasteiger partial charge in [-0.2, -0.15) is 26.3 Å². The van der Waals surface area contributed by atoms with Crippen LogP contribution in [0.25, 0.3) is 0 Å². The summed E-state index contributed by atoms with van der Waals surface area (Å²) in [6.45, 7) is 2.05. The molecule has 0 spiro atoms. The molecule has 2 nitrogen and oxygen atoms in total. The highest BCUT2D eigenvalue weighted by Crippen LogP contribution is 2.66. The van der Waals surface area contributed by atoms with Crippen molar-refractivity contribution in [2.75, 3.05) is 0 Å². The number of halogens is 6. The Morgan fingerprint density at radius 1 is 1.11 bits per heavy atom. The van der Waals surface area contributed by atoms with Crippen LogP contribution in [0.15, 0.2) is 23.8 Å². The minimum atomic E-state index is -5.84. The fourth-order valence-corrected chi connectivity index (χ4v) is 5.08. The predicted octanol–water partition coefficient (Wildman–Crippen LogP) is 5.07. The van der Waals surface area contributed by atoms with Crippen LogP contribution >= 0.6 is 0 Å². The van der Waals surface area contributed by atoms with E-state index >= 15 is 0 Å². The van der Waals surface area contributed by atoms with Gasteiger partial charge in [-0.3, -0.25) is 0 Å². The minimum Gasteiger partial charge on any atom is -0.393 e. The molecule has 3 aliphatic rings. The summed E-state index contributed by atoms with van der Waals surface area (Å²) >= 11 is 0. The Morgan fingerprint density at radius 3 is 2.22 bits per heavy atom. The quantitative estimate of drug-likeness (QED) is 0.513. The Bertz CT molecular complexity index is 630. The molecule has 2 N–H and O–H groups in total. The summed E-state index contributed by atoms with van der Waals surface area (Å²) < 4.78 is 76.8. The van der Waals surface area contributed by atoms with Crippen molar-refractivity contribution in [2.45, 2.75) is 75.9 Å². The number of alkyl halides is 6. The monoisotopic (exact) mass is 398 g/mol. The zero-order valence-corrected chi connectivity index (χ0v) is 15.0. The summed E-state index contributed by atoms with van der Waals surface area (Å²) in [5, 5.41) is 19.5. The van der Waals surface area contributed by atoms with Crippen molar-refractivity contribution in [1.82, 2.24) is 0 Å². The molecule has 0 heterocycles. The number of aliphatic hydroxyl groups excluding tert-OH is 1. The Balaban J connectivity index is 1.79. The van der Waals surface area contributed by atoms with Gasteiger partial charge in [0.1, 0.15) is 0 Å². The van der Waals surface area contributed by atoms with Crippen molar-refractivity contribution in [1.29, 1.82) is 0 Å². The fourth-order valence-electron chi connectivity index (χ4n) is 5.08. The number of allylic oxidation sites excluding steroid dienone is 3. The van der Waals surface area contributed by atoms with Crippen molar-refractivity contribution in [3.05, 3.63) is 23.8 Å². The summed E-state index contributed by atoms with van der Waals surface area (Å²) in [5.41, 5.74) is -4.49. The number of hydrogen-bond donors (Lipinski definition) is 2. The Kier molecular flexibility index (Phi) is 4.79. The number of hydrogen-bond acceptors (Lipinski definition) is 2. The molecule has 0 amide bonds. The molecule has 0 aliphatic heterocycles. The molecule has 0 bridgehead atoms. The van der Waals surface area contributed by atoms with Gasteiger partial charge in [0.25, 0.3) is 5.60 Å². The molecule has 1 unspecified atom stereocenters. The van der Waals surface area contributed by atoms with Gasteiger partial charge in [0.2, 0.25) is 0 Å². The first kappa shape index (κ1) is 20.7. The lowest BCUT2D eigenvalue weighted by Crippen LogP contribution is -2.55. The lowest BCUT2D eigenvalue weighted by Gasteiger charge is -2.44. The van der Waals surface area contributed by atoms with Gasteiger partial charge in [-0.05, 0) is 67.8 Å². The molecule has 8 heteroatoms. The molecule has 3 atom stereocenters. The number of rotatable bonds is 4. The van der Waals surface area contributed by atoms with Gasteiger partial charge in [0.05, 0.1) is 6.10 Å². The van der Waals surface area contributed by atoms with Crippen LogP contribution in [0.3, 0.4) is 0 Å². The maximum Gasteiger partial charge on any atom is 0.429 e. The molecule has 0 radical (unpaired) electrons. The molecular formula is C19H24F6O2. The third-order valence-corrected chi connectivity index (χ3v) is 6.83. The SMILES string of the molecule is C[C@]12CCC[C@H](O)C1CC=C2C1(C/C=C\C(O)(C(F)(F)F)C(F)(F)F)CC1. The molecule has 0 aromatic carbocycles. The van der Waals surface area contributed by atoms with Crippen molar-refractivity contribution in [2.24, 2.45) is 16.7 Å². The largest absolute Gasteiger partial charge is 0.429 e. The van der Waals surface area contributed by atoms with E-state index in [9.17, 15) is 36.6 Å². The van der Waals surface area contributed by atoms with Gasteiger partial charge < -0.3 is 10.2 Å². The van der Waals surface area contributed by atoms with Gasteiger partial charge in [-0.25, -0.2) is 0 Å². The molecule has 3 rings (SSSR count). The van der Waals surface area contributed by atoms with Crippen LogP contribution in [-0.2, 0) is 0 Å². The van der Waals surface area contributed by atoms with Crippen molar-refractivity contribution in [3.8, 4) is 0 Å². The molecule has 2 saturated carbocycles. The second-order valence-corrected chi connectivity index (χ2v) is 8.49. The van der Waals surface area contributed by atoms with E-state index in [0.29, 0.717) is 19.3 Å². The lowest BCUT2D eigenvalue weighted by atomic mass is 9.62. The van der Waals surface area contributed by atoms with E-state index in [1.807, 2.05) is 13.0 Å². The van der Waals surface area contributed by atoms with Crippen LogP contribution in [0, 0.1) is 16.7 Å². The summed E-state index contributed by atoms with van der Waals surface area (Å²) in [4.78, 5) is 0. The van der Waals surface area contributed by atoms with Crippen LogP contribution in [-0.4, -0.2) is 34.3 Å². The van der Waals surface area contributed by atoms with E-state index < -0.39 is 29.5 Å². The Morgan fingerprint density at radius 2 is 1.70 bits per heavy atom. The van der Waals surface area contributed by atoms with Crippen molar-refractivity contribution >= 4 is 0 Å². The van der Waals surface area contributed by atoms with Gasteiger partial charge in [-0.1, -0.05) is 24.6 Å². The molecule has 3 aliphatic carbocycles. The van der Waals surface area contributed by atoms with Gasteiger partial charge in [0, 0.05) is 0 Å². The molecule has 0 aromatic heterocycles. The van der Waals surface area contributed by atoms with Gasteiger partial charge >= 0.3 is 12.4 Å². The van der Waals surface area contributed by atoms with Crippen LogP contribution in [0.1, 0.15) is 51.9 Å². The molecule has 0 aromatic rings. The smallest absolute Gasteiger partial charge is 0.393 e. The minimum absolute atomic E-state index is 0.0196. The second kappa shape index (κ2) is 6.24. The lowest BCUT2D eigenvalue weighted by molar-refractivity contribution is -0.347. The zero-order valence-electron chi connectivity index (χ0n) is 15.0. The standard InChI is InChI=1S/C19H24F6O2/c1-15-7-2-4-13(26)12(15)5-6-14(15)16(10-11-16)8-3-9-17(27,18(20,21)22)19(23,24)25/h3,6,9,12-13,26-27H,2,4-5,7-8,10-11H2,1H3/b9-3-/t12?,13-,15-/m0/s1. The summed E-state index contributed by atoms with van der Waals surface area (Å²) in [5.74, 6) is 0.0602. The Hall–Kier alpha value is -1.02. The summed E-state index contributed by atoms with van der Waals surface area (Å²) in [6.07, 6.45) is -4.88. The first-order valence-electron chi connectivity index (χ1n) is 9.20. The third-order valence-electron chi connectivity index (χ3n) is 6.83. The van der Waals surface area contributed by atoms with E-state index in [1.54, 1.807) is 0 Å². The van der Waals surface area contributed by atoms with Crippen molar-refractivity contribution < 1.29 is 36.6 Å². The van der Waals surface area contributed by atoms with Crippen LogP contribution in [0.5, 0.6) is 0 Å². The average Bonchev–Trinajstić information content (AvgIpc) is 3.19. The maximum atomic E-state index is 12.8. The van der Waals surface area contributed by atoms with E-state index in [-0.39, 0.29) is 23.8 Å². The molecule has 0 saturated heterocycles. The average molecular weight is 398 g/mol. The van der Waals surface area contributed by atoms with Gasteiger partial charge in [0.15, 0.2) is 0 Å². The van der Waals surface area contributed by atoms with Crippen LogP contribution in [0.2, 0.25) is 0 Å². The fraction of sp³-hybridized carbons (Fsp3) is 0.789. The highest BCUT2D eigenvalue weighted by atomic mass is 19.4. The molecular weight excluding hydrogens is 374 g/mol. The maximum absolute atomic E-state index is 12.8. The van der Waals surface area contributed by atoms with E-state index in [0.717, 1.165) is 30.9 Å². The number of aliphatic hydroxyl groups is 2. The van der Waals surface area contributed by atoms with E-state index in [2.05, 4.69) is 0 Å². The summed E-state index contributed by atoms with van der Waals surface area (Å²) in [7, 11) is 0. The topological polar surface area (TPSA) is 40.5 Å². The van der Waals surface area contributed by atoms with E-state index in [1.165, 1.54) is 0 Å². The highest BCUT2D eigenvalue weighted by molar-refractivity contribution is 5.35. The normalized spacial score (nSPS) is 33.9. The Labute approximate surface area is 153 Å². The summed E-state index contributed by atoms with van der Waals surface area (Å²) in [6, 6.07) is 0. The molecule has 154 valence electrons. The van der Waals surface area contributed by atoms with E-state index in [4.69, 9.17) is 0 Å². The van der Waals surface area contributed by atoms with Crippen LogP contribution in [0.4, 0.5) is 26.3 Å². The highest BCUT2D eigenvalue weighted by Gasteiger charge is 2.69.